The molecule has 0 aliphatic rings. The Kier molecular flexibility index (Phi) is 6.49. The van der Waals surface area contributed by atoms with Crippen LogP contribution < -0.4 is 16.0 Å². The van der Waals surface area contributed by atoms with E-state index in [1.807, 2.05) is 12.1 Å². The van der Waals surface area contributed by atoms with Crippen molar-refractivity contribution in [3.63, 3.8) is 0 Å². The van der Waals surface area contributed by atoms with Crippen molar-refractivity contribution >= 4 is 40.5 Å². The lowest BCUT2D eigenvalue weighted by molar-refractivity contribution is -0.410. The van der Waals surface area contributed by atoms with Crippen molar-refractivity contribution in [1.82, 2.24) is 0 Å². The predicted molar refractivity (Wildman–Crippen MR) is 111 cm³/mol. The van der Waals surface area contributed by atoms with Crippen LogP contribution in [0.2, 0.25) is 0 Å². The van der Waals surface area contributed by atoms with Crippen LogP contribution in [-0.2, 0) is 11.0 Å². The van der Waals surface area contributed by atoms with Crippen molar-refractivity contribution in [2.75, 3.05) is 16.8 Å². The summed E-state index contributed by atoms with van der Waals surface area (Å²) in [5, 5.41) is 23.6. The molecule has 0 radical (unpaired) electrons. The zero-order chi connectivity index (χ0) is 22.6. The summed E-state index contributed by atoms with van der Waals surface area (Å²) >= 11 is 2.29. The molecule has 0 saturated carbocycles. The number of carbonyl (C=O) groups excluding carboxylic acids is 1. The number of halogens is 3. The third kappa shape index (κ3) is 4.97. The molecule has 0 saturated heterocycles. The van der Waals surface area contributed by atoms with Crippen LogP contribution in [0.3, 0.4) is 0 Å². The van der Waals surface area contributed by atoms with E-state index < -0.39 is 17.6 Å². The number of nitriles is 2. The number of H-pyrrole nitrogens is 1. The van der Waals surface area contributed by atoms with E-state index >= 15 is 0 Å². The van der Waals surface area contributed by atoms with Gasteiger partial charge >= 0.3 is 6.18 Å². The van der Waals surface area contributed by atoms with Crippen molar-refractivity contribution in [1.29, 1.82) is 10.5 Å². The number of thiophene rings is 1. The lowest BCUT2D eigenvalue weighted by Crippen LogP contribution is -2.21. The van der Waals surface area contributed by atoms with Gasteiger partial charge in [0.15, 0.2) is 10.6 Å². The summed E-state index contributed by atoms with van der Waals surface area (Å²) in [5.41, 5.74) is 5.73. The fourth-order valence-corrected chi connectivity index (χ4v) is 4.33. The fourth-order valence-electron chi connectivity index (χ4n) is 2.73. The molecule has 2 aromatic heterocycles. The van der Waals surface area contributed by atoms with Crippen LogP contribution in [0.15, 0.2) is 46.8 Å². The topological polar surface area (TPSA) is 117 Å². The van der Waals surface area contributed by atoms with Crippen LogP contribution in [0, 0.1) is 22.7 Å². The Morgan fingerprint density at radius 3 is 2.55 bits per heavy atom. The van der Waals surface area contributed by atoms with E-state index in [-0.39, 0.29) is 33.4 Å². The zero-order valence-corrected chi connectivity index (χ0v) is 17.2. The van der Waals surface area contributed by atoms with E-state index in [9.17, 15) is 28.5 Å². The minimum atomic E-state index is -4.52. The molecule has 0 atom stereocenters. The molecule has 3 aromatic rings. The molecule has 0 unspecified atom stereocenters. The number of rotatable bonds is 5. The van der Waals surface area contributed by atoms with E-state index in [4.69, 9.17) is 5.73 Å². The smallest absolute Gasteiger partial charge is 0.325 e. The van der Waals surface area contributed by atoms with Gasteiger partial charge in [0.1, 0.15) is 17.7 Å². The Labute approximate surface area is 183 Å². The van der Waals surface area contributed by atoms with E-state index in [1.165, 1.54) is 23.5 Å². The number of amides is 1. The average Bonchev–Trinajstić information content (AvgIpc) is 3.25. The summed E-state index contributed by atoms with van der Waals surface area (Å²) in [4.78, 5) is 15.7. The number of anilines is 2. The van der Waals surface area contributed by atoms with Gasteiger partial charge in [0, 0.05) is 16.1 Å². The van der Waals surface area contributed by atoms with Crippen molar-refractivity contribution < 1.29 is 22.9 Å². The minimum Gasteiger partial charge on any atom is -0.325 e. The van der Waals surface area contributed by atoms with Gasteiger partial charge in [0.2, 0.25) is 5.91 Å². The van der Waals surface area contributed by atoms with Gasteiger partial charge in [-0.15, -0.1) is 11.3 Å². The second-order valence-corrected chi connectivity index (χ2v) is 8.04. The second kappa shape index (κ2) is 9.08. The van der Waals surface area contributed by atoms with Crippen molar-refractivity contribution in [2.24, 2.45) is 0 Å². The van der Waals surface area contributed by atoms with E-state index in [0.717, 1.165) is 23.9 Å². The Hall–Kier alpha value is -3.54. The first kappa shape index (κ1) is 22.2. The van der Waals surface area contributed by atoms with Gasteiger partial charge in [-0.2, -0.15) is 23.7 Å². The molecular weight excluding hydrogens is 447 g/mol. The van der Waals surface area contributed by atoms with Crippen LogP contribution in [0.25, 0.3) is 10.4 Å². The largest absolute Gasteiger partial charge is 0.416 e. The summed E-state index contributed by atoms with van der Waals surface area (Å²) in [7, 11) is 0. The molecule has 0 aliphatic carbocycles. The SMILES string of the molecule is N#Cc1c(N)[nH+]c(SCC(=O)Nc2cccc(C(F)(F)F)c2)c(C#N)c1-c1cccs1. The normalized spacial score (nSPS) is 10.9. The van der Waals surface area contributed by atoms with E-state index in [1.54, 1.807) is 17.5 Å². The molecule has 156 valence electrons. The summed E-state index contributed by atoms with van der Waals surface area (Å²) in [6.07, 6.45) is -4.52. The number of alkyl halides is 3. The van der Waals surface area contributed by atoms with Crippen LogP contribution in [-0.4, -0.2) is 11.7 Å². The number of hydrogen-bond acceptors (Lipinski definition) is 6. The molecule has 0 aliphatic heterocycles. The maximum absolute atomic E-state index is 12.8. The van der Waals surface area contributed by atoms with Gasteiger partial charge in [0.25, 0.3) is 5.82 Å². The second-order valence-electron chi connectivity index (χ2n) is 6.11. The zero-order valence-electron chi connectivity index (χ0n) is 15.6. The molecule has 0 spiro atoms. The van der Waals surface area contributed by atoms with E-state index in [0.29, 0.717) is 10.4 Å². The highest BCUT2D eigenvalue weighted by Crippen LogP contribution is 2.36. The molecular formula is C20H13F3N5OS2+. The first-order valence-corrected chi connectivity index (χ1v) is 10.4. The molecule has 1 amide bonds. The number of pyridine rings is 1. The molecule has 1 aromatic carbocycles. The number of aromatic amines is 1. The third-order valence-electron chi connectivity index (χ3n) is 4.06. The summed E-state index contributed by atoms with van der Waals surface area (Å²) in [5.74, 6) is -0.718. The first-order valence-electron chi connectivity index (χ1n) is 8.57. The number of nitrogens with zero attached hydrogens (tertiary/aromatic N) is 2. The first-order chi connectivity index (χ1) is 14.7. The molecule has 6 nitrogen and oxygen atoms in total. The Balaban J connectivity index is 1.83. The van der Waals surface area contributed by atoms with Crippen LogP contribution in [0.5, 0.6) is 0 Å². The Morgan fingerprint density at radius 2 is 1.94 bits per heavy atom. The standard InChI is InChI=1S/C20H12F3N5OS2/c21-20(22,23)11-3-1-4-12(7-11)27-16(29)10-31-19-14(9-25)17(15-5-2-6-30-15)13(8-24)18(26)28-19/h1-7H,10H2,(H2,26,28)(H,27,29)/p+1. The van der Waals surface area contributed by atoms with Gasteiger partial charge in [-0.25, -0.2) is 4.98 Å². The molecule has 3 rings (SSSR count). The average molecular weight is 460 g/mol. The Bertz CT molecular complexity index is 1210. The van der Waals surface area contributed by atoms with Crippen LogP contribution >= 0.6 is 23.1 Å². The Morgan fingerprint density at radius 1 is 1.19 bits per heavy atom. The van der Waals surface area contributed by atoms with Gasteiger partial charge < -0.3 is 5.32 Å². The van der Waals surface area contributed by atoms with Crippen LogP contribution in [0.1, 0.15) is 16.7 Å². The highest BCUT2D eigenvalue weighted by atomic mass is 32.2. The molecule has 11 heteroatoms. The number of carbonyl (C=O) groups is 1. The van der Waals surface area contributed by atoms with Gasteiger partial charge in [-0.1, -0.05) is 23.9 Å². The summed E-state index contributed by atoms with van der Waals surface area (Å²) < 4.78 is 38.5. The number of hydrogen-bond donors (Lipinski definition) is 2. The molecule has 31 heavy (non-hydrogen) atoms. The van der Waals surface area contributed by atoms with Crippen LogP contribution in [0.4, 0.5) is 24.7 Å². The van der Waals surface area contributed by atoms with Crippen molar-refractivity contribution in [3.8, 4) is 22.6 Å². The summed E-state index contributed by atoms with van der Waals surface area (Å²) in [6, 6.07) is 11.8. The lowest BCUT2D eigenvalue weighted by Gasteiger charge is -2.10. The number of nitrogens with two attached hydrogens (primary N) is 1. The van der Waals surface area contributed by atoms with Gasteiger partial charge in [-0.05, 0) is 29.6 Å². The highest BCUT2D eigenvalue weighted by molar-refractivity contribution is 7.99. The number of nitrogens with one attached hydrogen (secondary N) is 2. The quantitative estimate of drug-likeness (QED) is 0.551. The van der Waals surface area contributed by atoms with Crippen molar-refractivity contribution in [2.45, 2.75) is 11.2 Å². The number of benzene rings is 1. The van der Waals surface area contributed by atoms with Gasteiger partial charge in [-0.3, -0.25) is 10.5 Å². The monoisotopic (exact) mass is 460 g/mol. The molecule has 4 N–H and O–H groups in total. The van der Waals surface area contributed by atoms with E-state index in [2.05, 4.69) is 10.3 Å². The maximum atomic E-state index is 12.8. The minimum absolute atomic E-state index is 0.00327. The molecule has 0 fully saturated rings. The van der Waals surface area contributed by atoms with Gasteiger partial charge in [0.05, 0.1) is 11.3 Å². The van der Waals surface area contributed by atoms with Crippen molar-refractivity contribution in [3.05, 3.63) is 58.5 Å². The third-order valence-corrected chi connectivity index (χ3v) is 5.95. The number of nitrogen functional groups attached to an aromatic ring is 1. The molecule has 0 bridgehead atoms. The predicted octanol–water partition coefficient (Wildman–Crippen LogP) is 4.30. The maximum Gasteiger partial charge on any atom is 0.416 e. The molecule has 2 heterocycles. The highest BCUT2D eigenvalue weighted by Gasteiger charge is 2.30. The number of aromatic nitrogens is 1. The fraction of sp³-hybridized carbons (Fsp3) is 0.100. The summed E-state index contributed by atoms with van der Waals surface area (Å²) in [6.45, 7) is 0. The number of thioether (sulfide) groups is 1. The lowest BCUT2D eigenvalue weighted by atomic mass is 10.0.